The van der Waals surface area contributed by atoms with Crippen molar-refractivity contribution in [2.45, 2.75) is 18.6 Å². The molecule has 0 saturated heterocycles. The second-order valence-electron chi connectivity index (χ2n) is 5.49. The maximum atomic E-state index is 12.9. The topological polar surface area (TPSA) is 89.9 Å². The van der Waals surface area contributed by atoms with Gasteiger partial charge in [-0.15, -0.1) is 0 Å². The van der Waals surface area contributed by atoms with Crippen molar-refractivity contribution >= 4 is 22.8 Å². The quantitative estimate of drug-likeness (QED) is 0.330. The van der Waals surface area contributed by atoms with Crippen LogP contribution >= 0.6 is 0 Å². The van der Waals surface area contributed by atoms with Gasteiger partial charge in [-0.1, -0.05) is 36.4 Å². The van der Waals surface area contributed by atoms with Gasteiger partial charge in [0.1, 0.15) is 11.7 Å². The van der Waals surface area contributed by atoms with Crippen LogP contribution in [-0.4, -0.2) is 34.2 Å². The minimum atomic E-state index is -1.96. The molecule has 2 aromatic carbocycles. The highest BCUT2D eigenvalue weighted by atomic mass is 32.2. The fraction of sp³-hybridized carbons (Fsp3) is 0.263. The van der Waals surface area contributed by atoms with Crippen LogP contribution in [0.4, 0.5) is 0 Å². The van der Waals surface area contributed by atoms with Crippen LogP contribution in [0.3, 0.4) is 0 Å². The third kappa shape index (κ3) is 5.00. The number of rotatable bonds is 8. The summed E-state index contributed by atoms with van der Waals surface area (Å²) in [6.07, 6.45) is 0. The van der Waals surface area contributed by atoms with Crippen molar-refractivity contribution in [3.63, 3.8) is 0 Å². The lowest BCUT2D eigenvalue weighted by atomic mass is 9.90. The van der Waals surface area contributed by atoms with Gasteiger partial charge in [-0.2, -0.15) is 0 Å². The summed E-state index contributed by atoms with van der Waals surface area (Å²) in [6, 6.07) is 13.0. The number of Topliss-reactive ketones (excluding diaryl/α,β-unsaturated/α-hetero) is 1. The van der Waals surface area contributed by atoms with Crippen LogP contribution < -0.4 is 4.74 Å². The first kappa shape index (κ1) is 19.8. The fourth-order valence-corrected chi connectivity index (χ4v) is 2.99. The predicted octanol–water partition coefficient (Wildman–Crippen LogP) is 2.95. The van der Waals surface area contributed by atoms with Gasteiger partial charge in [0, 0.05) is 5.56 Å². The van der Waals surface area contributed by atoms with E-state index in [9.17, 15) is 13.8 Å². The normalized spacial score (nSPS) is 12.9. The molecule has 6 nitrogen and oxygen atoms in total. The van der Waals surface area contributed by atoms with Gasteiger partial charge in [-0.25, -0.2) is 4.21 Å². The van der Waals surface area contributed by atoms with Crippen molar-refractivity contribution < 1.29 is 27.8 Å². The Morgan fingerprint density at radius 3 is 2.42 bits per heavy atom. The van der Waals surface area contributed by atoms with Gasteiger partial charge in [0.05, 0.1) is 19.5 Å². The molecule has 2 atom stereocenters. The Kier molecular flexibility index (Phi) is 7.06. The van der Waals surface area contributed by atoms with Crippen molar-refractivity contribution in [2.24, 2.45) is 0 Å². The number of hydrogen-bond donors (Lipinski definition) is 1. The summed E-state index contributed by atoms with van der Waals surface area (Å²) in [6.45, 7) is 1.84. The van der Waals surface area contributed by atoms with E-state index in [-0.39, 0.29) is 12.4 Å². The van der Waals surface area contributed by atoms with E-state index < -0.39 is 28.8 Å². The summed E-state index contributed by atoms with van der Waals surface area (Å²) < 4.78 is 30.1. The summed E-state index contributed by atoms with van der Waals surface area (Å²) in [7, 11) is 1.50. The minimum absolute atomic E-state index is 0.0222. The number of ether oxygens (including phenoxy) is 2. The van der Waals surface area contributed by atoms with Crippen molar-refractivity contribution in [1.29, 1.82) is 0 Å². The summed E-state index contributed by atoms with van der Waals surface area (Å²) >= 11 is -1.96. The molecular weight excluding hydrogens is 356 g/mol. The van der Waals surface area contributed by atoms with Gasteiger partial charge >= 0.3 is 5.97 Å². The van der Waals surface area contributed by atoms with E-state index in [1.165, 1.54) is 19.2 Å². The Hall–Kier alpha value is -2.51. The summed E-state index contributed by atoms with van der Waals surface area (Å²) in [5.74, 6) is -1.64. The first-order valence-electron chi connectivity index (χ1n) is 7.97. The molecule has 138 valence electrons. The SMILES string of the molecule is CCOC(=O)C(C(=O)c1ccc(CS(=O)O)cc1)c1cccc(OC)c1. The van der Waals surface area contributed by atoms with E-state index in [1.807, 2.05) is 0 Å². The molecule has 1 N–H and O–H groups in total. The number of carbonyl (C=O) groups is 2. The van der Waals surface area contributed by atoms with Gasteiger partial charge in [0.2, 0.25) is 0 Å². The lowest BCUT2D eigenvalue weighted by Gasteiger charge is -2.16. The zero-order valence-corrected chi connectivity index (χ0v) is 15.3. The molecule has 0 fully saturated rings. The zero-order valence-electron chi connectivity index (χ0n) is 14.5. The largest absolute Gasteiger partial charge is 0.497 e. The number of hydrogen-bond acceptors (Lipinski definition) is 5. The summed E-state index contributed by atoms with van der Waals surface area (Å²) in [5.41, 5.74) is 1.42. The van der Waals surface area contributed by atoms with Crippen LogP contribution in [0.2, 0.25) is 0 Å². The van der Waals surface area contributed by atoms with E-state index in [2.05, 4.69) is 0 Å². The molecule has 0 amide bonds. The van der Waals surface area contributed by atoms with Gasteiger partial charge in [0.25, 0.3) is 0 Å². The van der Waals surface area contributed by atoms with Crippen molar-refractivity contribution in [1.82, 2.24) is 0 Å². The Balaban J connectivity index is 2.36. The van der Waals surface area contributed by atoms with Gasteiger partial charge < -0.3 is 14.0 Å². The number of carbonyl (C=O) groups excluding carboxylic acids is 2. The maximum absolute atomic E-state index is 12.9. The first-order chi connectivity index (χ1) is 12.5. The highest BCUT2D eigenvalue weighted by molar-refractivity contribution is 7.78. The van der Waals surface area contributed by atoms with Gasteiger partial charge in [0.15, 0.2) is 16.9 Å². The van der Waals surface area contributed by atoms with E-state index >= 15 is 0 Å². The molecule has 0 spiro atoms. The molecule has 26 heavy (non-hydrogen) atoms. The molecule has 2 aromatic rings. The average molecular weight is 376 g/mol. The Morgan fingerprint density at radius 2 is 1.85 bits per heavy atom. The number of ketones is 1. The van der Waals surface area contributed by atoms with Crippen LogP contribution in [-0.2, 0) is 26.4 Å². The van der Waals surface area contributed by atoms with Crippen molar-refractivity contribution in [2.75, 3.05) is 13.7 Å². The lowest BCUT2D eigenvalue weighted by Crippen LogP contribution is -2.24. The van der Waals surface area contributed by atoms with Gasteiger partial charge in [-0.3, -0.25) is 9.59 Å². The highest BCUT2D eigenvalue weighted by Crippen LogP contribution is 2.26. The molecule has 0 aromatic heterocycles. The molecular formula is C19H20O6S. The molecule has 0 bridgehead atoms. The average Bonchev–Trinajstić information content (AvgIpc) is 2.62. The molecule has 0 aliphatic rings. The molecule has 0 heterocycles. The smallest absolute Gasteiger partial charge is 0.321 e. The first-order valence-corrected chi connectivity index (χ1v) is 9.25. The lowest BCUT2D eigenvalue weighted by molar-refractivity contribution is -0.143. The Labute approximate surface area is 154 Å². The van der Waals surface area contributed by atoms with Crippen molar-refractivity contribution in [3.8, 4) is 5.75 Å². The highest BCUT2D eigenvalue weighted by Gasteiger charge is 2.31. The number of methoxy groups -OCH3 is 1. The molecule has 0 aliphatic carbocycles. The van der Waals surface area contributed by atoms with E-state index in [1.54, 1.807) is 43.3 Å². The van der Waals surface area contributed by atoms with Crippen LogP contribution in [0, 0.1) is 0 Å². The Bertz CT molecular complexity index is 800. The van der Waals surface area contributed by atoms with Crippen molar-refractivity contribution in [3.05, 3.63) is 65.2 Å². The van der Waals surface area contributed by atoms with Crippen LogP contribution in [0.5, 0.6) is 5.75 Å². The van der Waals surface area contributed by atoms with Crippen LogP contribution in [0.15, 0.2) is 48.5 Å². The standard InChI is InChI=1S/C19H20O6S/c1-3-25-19(21)17(15-5-4-6-16(11-15)24-2)18(20)14-9-7-13(8-10-14)12-26(22)23/h4-11,17H,3,12H2,1-2H3,(H,22,23). The molecule has 7 heteroatoms. The minimum Gasteiger partial charge on any atom is -0.497 e. The fourth-order valence-electron chi connectivity index (χ4n) is 2.52. The molecule has 0 saturated carbocycles. The zero-order chi connectivity index (χ0) is 19.1. The third-order valence-corrected chi connectivity index (χ3v) is 4.32. The number of esters is 1. The third-order valence-electron chi connectivity index (χ3n) is 3.74. The predicted molar refractivity (Wildman–Crippen MR) is 97.6 cm³/mol. The maximum Gasteiger partial charge on any atom is 0.321 e. The second kappa shape index (κ2) is 9.26. The molecule has 2 rings (SSSR count). The second-order valence-corrected chi connectivity index (χ2v) is 6.42. The van der Waals surface area contributed by atoms with Crippen LogP contribution in [0.1, 0.15) is 34.3 Å². The molecule has 0 radical (unpaired) electrons. The van der Waals surface area contributed by atoms with E-state index in [0.717, 1.165) is 0 Å². The van der Waals surface area contributed by atoms with E-state index in [4.69, 9.17) is 14.0 Å². The summed E-state index contributed by atoms with van der Waals surface area (Å²) in [5, 5.41) is 0. The molecule has 2 unspecified atom stereocenters. The van der Waals surface area contributed by atoms with Crippen LogP contribution in [0.25, 0.3) is 0 Å². The monoisotopic (exact) mass is 376 g/mol. The van der Waals surface area contributed by atoms with Gasteiger partial charge in [-0.05, 0) is 30.2 Å². The molecule has 0 aliphatic heterocycles. The summed E-state index contributed by atoms with van der Waals surface area (Å²) in [4.78, 5) is 25.4. The van der Waals surface area contributed by atoms with E-state index in [0.29, 0.717) is 22.4 Å². The number of benzene rings is 2. The Morgan fingerprint density at radius 1 is 1.15 bits per heavy atom.